The lowest BCUT2D eigenvalue weighted by Gasteiger charge is -2.47. The summed E-state index contributed by atoms with van der Waals surface area (Å²) in [7, 11) is 0. The van der Waals surface area contributed by atoms with E-state index in [4.69, 9.17) is 4.74 Å². The molecule has 4 rings (SSSR count). The van der Waals surface area contributed by atoms with Gasteiger partial charge in [0.15, 0.2) is 5.78 Å². The molecule has 2 saturated heterocycles. The molecule has 0 N–H and O–H groups in total. The first-order valence-electron chi connectivity index (χ1n) is 10.6. The fraction of sp³-hybridized carbons (Fsp3) is 0.417. The van der Waals surface area contributed by atoms with Gasteiger partial charge in [0.1, 0.15) is 12.4 Å². The van der Waals surface area contributed by atoms with E-state index in [1.54, 1.807) is 4.90 Å². The van der Waals surface area contributed by atoms with Crippen LogP contribution in [0.4, 0.5) is 22.4 Å². The number of ketones is 1. The topological polar surface area (TPSA) is 46.6 Å². The summed E-state index contributed by atoms with van der Waals surface area (Å²) >= 11 is 0. The van der Waals surface area contributed by atoms with Gasteiger partial charge in [0, 0.05) is 23.6 Å². The molecule has 2 aliphatic heterocycles. The second-order valence-corrected chi connectivity index (χ2v) is 8.41. The summed E-state index contributed by atoms with van der Waals surface area (Å²) < 4.78 is 57.9. The van der Waals surface area contributed by atoms with Crippen LogP contribution in [0.25, 0.3) is 0 Å². The molecule has 0 radical (unpaired) electrons. The Morgan fingerprint density at radius 1 is 1.00 bits per heavy atom. The Bertz CT molecular complexity index is 978. The molecule has 32 heavy (non-hydrogen) atoms. The average Bonchev–Trinajstić information content (AvgIpc) is 2.75. The number of hydrogen-bond acceptors (Lipinski definition) is 3. The lowest BCUT2D eigenvalue weighted by atomic mass is 9.76. The summed E-state index contributed by atoms with van der Waals surface area (Å²) in [6.45, 7) is 0.156. The molecular formula is C24H23F4NO3. The van der Waals surface area contributed by atoms with Gasteiger partial charge in [-0.1, -0.05) is 36.4 Å². The quantitative estimate of drug-likeness (QED) is 0.425. The molecule has 2 aliphatic rings. The number of Topliss-reactive ketones (excluding diaryl/α,β-unsaturated/α-hetero) is 1. The van der Waals surface area contributed by atoms with Crippen LogP contribution in [0, 0.1) is 11.7 Å². The minimum atomic E-state index is -4.81. The van der Waals surface area contributed by atoms with Crippen LogP contribution in [0.1, 0.15) is 53.6 Å². The number of carbonyl (C=O) groups excluding carboxylic acids is 2. The molecule has 0 aliphatic carbocycles. The van der Waals surface area contributed by atoms with Crippen LogP contribution in [0.15, 0.2) is 48.5 Å². The third-order valence-corrected chi connectivity index (χ3v) is 6.32. The van der Waals surface area contributed by atoms with E-state index in [1.165, 1.54) is 0 Å². The predicted molar refractivity (Wildman–Crippen MR) is 108 cm³/mol. The fourth-order valence-electron chi connectivity index (χ4n) is 4.82. The summed E-state index contributed by atoms with van der Waals surface area (Å²) in [5.74, 6) is -2.31. The van der Waals surface area contributed by atoms with Crippen molar-refractivity contribution in [2.75, 3.05) is 0 Å². The number of alkyl halides is 3. The average molecular weight is 449 g/mol. The number of rotatable bonds is 4. The van der Waals surface area contributed by atoms with Gasteiger partial charge in [-0.05, 0) is 49.8 Å². The third kappa shape index (κ3) is 4.64. The molecule has 0 spiro atoms. The third-order valence-electron chi connectivity index (χ3n) is 6.32. The smallest absolute Gasteiger partial charge is 0.419 e. The van der Waals surface area contributed by atoms with Crippen LogP contribution >= 0.6 is 0 Å². The highest BCUT2D eigenvalue weighted by atomic mass is 19.4. The van der Waals surface area contributed by atoms with Crippen molar-refractivity contribution in [1.82, 2.24) is 4.90 Å². The van der Waals surface area contributed by atoms with E-state index in [0.717, 1.165) is 30.9 Å². The maximum Gasteiger partial charge on any atom is 0.419 e. The molecular weight excluding hydrogens is 426 g/mol. The van der Waals surface area contributed by atoms with E-state index >= 15 is 0 Å². The predicted octanol–water partition coefficient (Wildman–Crippen LogP) is 6.00. The largest absolute Gasteiger partial charge is 0.445 e. The van der Waals surface area contributed by atoms with Crippen LogP contribution in [0.2, 0.25) is 0 Å². The molecule has 1 amide bonds. The van der Waals surface area contributed by atoms with E-state index < -0.39 is 29.6 Å². The monoisotopic (exact) mass is 449 g/mol. The molecule has 0 saturated carbocycles. The zero-order valence-electron chi connectivity index (χ0n) is 17.3. The Kier molecular flexibility index (Phi) is 6.22. The van der Waals surface area contributed by atoms with Crippen LogP contribution < -0.4 is 0 Å². The van der Waals surface area contributed by atoms with Crippen LogP contribution in [-0.4, -0.2) is 28.9 Å². The van der Waals surface area contributed by atoms with Crippen molar-refractivity contribution in [2.45, 2.75) is 57.0 Å². The van der Waals surface area contributed by atoms with Crippen LogP contribution in [0.3, 0.4) is 0 Å². The SMILES string of the molecule is O=C(c1ccc(C(F)(F)F)c(F)c1)C1CC2CCCC(C1)N2C(=O)OCc1ccccc1. The highest BCUT2D eigenvalue weighted by molar-refractivity contribution is 5.98. The van der Waals surface area contributed by atoms with Crippen LogP contribution in [-0.2, 0) is 17.5 Å². The van der Waals surface area contributed by atoms with E-state index in [2.05, 4.69) is 0 Å². The van der Waals surface area contributed by atoms with Gasteiger partial charge in [0.25, 0.3) is 0 Å². The maximum absolute atomic E-state index is 14.0. The zero-order valence-corrected chi connectivity index (χ0v) is 17.3. The molecule has 2 aromatic carbocycles. The van der Waals surface area contributed by atoms with Gasteiger partial charge < -0.3 is 9.64 Å². The molecule has 0 aromatic heterocycles. The Morgan fingerprint density at radius 3 is 2.25 bits per heavy atom. The number of amides is 1. The number of benzene rings is 2. The van der Waals surface area contributed by atoms with E-state index in [1.807, 2.05) is 30.3 Å². The maximum atomic E-state index is 14.0. The summed E-state index contributed by atoms with van der Waals surface area (Å²) in [6, 6.07) is 11.3. The van der Waals surface area contributed by atoms with Gasteiger partial charge in [-0.25, -0.2) is 9.18 Å². The first-order chi connectivity index (χ1) is 15.2. The highest BCUT2D eigenvalue weighted by Crippen LogP contribution is 2.39. The molecule has 2 heterocycles. The van der Waals surface area contributed by atoms with Gasteiger partial charge in [0.2, 0.25) is 0 Å². The number of halogens is 4. The number of carbonyl (C=O) groups is 2. The molecule has 4 nitrogen and oxygen atoms in total. The molecule has 2 unspecified atom stereocenters. The normalized spacial score (nSPS) is 23.0. The van der Waals surface area contributed by atoms with Crippen molar-refractivity contribution < 1.29 is 31.9 Å². The molecule has 2 aromatic rings. The van der Waals surface area contributed by atoms with E-state index in [9.17, 15) is 27.2 Å². The van der Waals surface area contributed by atoms with Crippen molar-refractivity contribution >= 4 is 11.9 Å². The van der Waals surface area contributed by atoms with Gasteiger partial charge >= 0.3 is 12.3 Å². The molecule has 2 fully saturated rings. The van der Waals surface area contributed by atoms with Gasteiger partial charge in [-0.15, -0.1) is 0 Å². The molecule has 170 valence electrons. The Morgan fingerprint density at radius 2 is 1.66 bits per heavy atom. The van der Waals surface area contributed by atoms with Crippen molar-refractivity contribution in [2.24, 2.45) is 5.92 Å². The number of ether oxygens (including phenoxy) is 1. The Labute approximate surface area is 183 Å². The lowest BCUT2D eigenvalue weighted by Crippen LogP contribution is -2.55. The van der Waals surface area contributed by atoms with Gasteiger partial charge in [0.05, 0.1) is 5.56 Å². The molecule has 2 bridgehead atoms. The van der Waals surface area contributed by atoms with Crippen molar-refractivity contribution in [1.29, 1.82) is 0 Å². The Hall–Kier alpha value is -2.90. The first-order valence-corrected chi connectivity index (χ1v) is 10.6. The van der Waals surface area contributed by atoms with Gasteiger partial charge in [-0.2, -0.15) is 13.2 Å². The lowest BCUT2D eigenvalue weighted by molar-refractivity contribution is -0.140. The van der Waals surface area contributed by atoms with E-state index in [0.29, 0.717) is 25.0 Å². The number of hydrogen-bond donors (Lipinski definition) is 0. The standard InChI is InChI=1S/C24H23F4NO3/c25-21-13-16(9-10-20(21)24(26,27)28)22(30)17-11-18-7-4-8-19(12-17)29(18)23(31)32-14-15-5-2-1-3-6-15/h1-3,5-6,9-10,13,17-19H,4,7-8,11-12,14H2. The minimum Gasteiger partial charge on any atom is -0.445 e. The van der Waals surface area contributed by atoms with Crippen molar-refractivity contribution in [3.8, 4) is 0 Å². The molecule has 2 atom stereocenters. The Balaban J connectivity index is 1.44. The minimum absolute atomic E-state index is 0.0707. The molecule has 8 heteroatoms. The summed E-state index contributed by atoms with van der Waals surface area (Å²) in [5, 5.41) is 0. The summed E-state index contributed by atoms with van der Waals surface area (Å²) in [6.07, 6.45) is -2.09. The second-order valence-electron chi connectivity index (χ2n) is 8.41. The summed E-state index contributed by atoms with van der Waals surface area (Å²) in [4.78, 5) is 27.4. The van der Waals surface area contributed by atoms with Crippen molar-refractivity contribution in [3.63, 3.8) is 0 Å². The number of nitrogens with zero attached hydrogens (tertiary/aromatic N) is 1. The first kappa shape index (κ1) is 22.3. The van der Waals surface area contributed by atoms with E-state index in [-0.39, 0.29) is 30.0 Å². The number of fused-ring (bicyclic) bond motifs is 2. The summed E-state index contributed by atoms with van der Waals surface area (Å²) in [5.41, 5.74) is -0.582. The number of piperidine rings is 2. The second kappa shape index (κ2) is 8.92. The van der Waals surface area contributed by atoms with Crippen molar-refractivity contribution in [3.05, 3.63) is 71.0 Å². The fourth-order valence-corrected chi connectivity index (χ4v) is 4.82. The van der Waals surface area contributed by atoms with Gasteiger partial charge in [-0.3, -0.25) is 4.79 Å². The zero-order chi connectivity index (χ0) is 22.9. The highest BCUT2D eigenvalue weighted by Gasteiger charge is 2.44. The van der Waals surface area contributed by atoms with Crippen LogP contribution in [0.5, 0.6) is 0 Å².